The molecule has 72 valence electrons. The second kappa shape index (κ2) is 3.78. The number of rotatable bonds is 4. The summed E-state index contributed by atoms with van der Waals surface area (Å²) in [5.74, 6) is 1.61. The first-order valence-electron chi connectivity index (χ1n) is 5.18. The Labute approximate surface area is 76.5 Å². The predicted octanol–water partition coefficient (Wildman–Crippen LogP) is 3.24. The molecule has 1 heteroatoms. The first-order chi connectivity index (χ1) is 5.54. The molecule has 0 radical (unpaired) electrons. The van der Waals surface area contributed by atoms with Crippen LogP contribution in [0.2, 0.25) is 0 Å². The zero-order chi connectivity index (χ0) is 9.19. The summed E-state index contributed by atoms with van der Waals surface area (Å²) in [6, 6.07) is 0. The molecule has 1 fully saturated rings. The average molecular weight is 170 g/mol. The van der Waals surface area contributed by atoms with Crippen molar-refractivity contribution in [3.05, 3.63) is 0 Å². The maximum Gasteiger partial charge on any atom is 0.0702 e. The molecule has 0 bridgehead atoms. The van der Waals surface area contributed by atoms with Crippen LogP contribution in [0.15, 0.2) is 0 Å². The van der Waals surface area contributed by atoms with E-state index in [0.717, 1.165) is 18.4 Å². The highest BCUT2D eigenvalue weighted by Crippen LogP contribution is 2.36. The van der Waals surface area contributed by atoms with E-state index >= 15 is 0 Å². The second-order valence-corrected chi connectivity index (χ2v) is 4.81. The Kier molecular flexibility index (Phi) is 3.16. The van der Waals surface area contributed by atoms with Crippen molar-refractivity contribution in [3.8, 4) is 0 Å². The van der Waals surface area contributed by atoms with E-state index in [2.05, 4.69) is 27.7 Å². The minimum Gasteiger partial charge on any atom is -0.375 e. The lowest BCUT2D eigenvalue weighted by Crippen LogP contribution is -2.49. The zero-order valence-electron chi connectivity index (χ0n) is 8.89. The summed E-state index contributed by atoms with van der Waals surface area (Å²) in [5, 5.41) is 0. The molecule has 1 heterocycles. The number of ether oxygens (including phenoxy) is 1. The molecule has 1 aliphatic rings. The van der Waals surface area contributed by atoms with Gasteiger partial charge in [-0.25, -0.2) is 0 Å². The van der Waals surface area contributed by atoms with E-state index in [1.54, 1.807) is 0 Å². The van der Waals surface area contributed by atoms with E-state index in [0.29, 0.717) is 0 Å². The molecule has 0 spiro atoms. The van der Waals surface area contributed by atoms with Crippen LogP contribution in [0, 0.1) is 11.8 Å². The van der Waals surface area contributed by atoms with Crippen molar-refractivity contribution in [3.63, 3.8) is 0 Å². The molecule has 2 atom stereocenters. The largest absolute Gasteiger partial charge is 0.375 e. The van der Waals surface area contributed by atoms with Gasteiger partial charge in [-0.15, -0.1) is 0 Å². The first kappa shape index (κ1) is 10.0. The van der Waals surface area contributed by atoms with E-state index in [9.17, 15) is 0 Å². The fourth-order valence-electron chi connectivity index (χ4n) is 1.71. The lowest BCUT2D eigenvalue weighted by Gasteiger charge is -2.45. The maximum atomic E-state index is 5.61. The summed E-state index contributed by atoms with van der Waals surface area (Å²) in [6.45, 7) is 10.1. The third-order valence-corrected chi connectivity index (χ3v) is 3.16. The Morgan fingerprint density at radius 3 is 2.50 bits per heavy atom. The standard InChI is InChI=1S/C11H22O/c1-9(2)6-5-7-11(4)10(3)8-12-11/h9-10H,5-8H2,1-4H3/t10-,11+/m1/s1. The Morgan fingerprint density at radius 2 is 2.17 bits per heavy atom. The third kappa shape index (κ3) is 2.22. The summed E-state index contributed by atoms with van der Waals surface area (Å²) < 4.78 is 5.61. The molecule has 1 saturated heterocycles. The number of hydrogen-bond donors (Lipinski definition) is 0. The Balaban J connectivity index is 2.14. The smallest absolute Gasteiger partial charge is 0.0702 e. The molecule has 0 aromatic rings. The SMILES string of the molecule is CC(C)CCC[C@]1(C)OC[C@H]1C. The zero-order valence-corrected chi connectivity index (χ0v) is 8.89. The van der Waals surface area contributed by atoms with Gasteiger partial charge in [-0.3, -0.25) is 0 Å². The molecular weight excluding hydrogens is 148 g/mol. The van der Waals surface area contributed by atoms with Gasteiger partial charge in [0, 0.05) is 5.92 Å². The van der Waals surface area contributed by atoms with Gasteiger partial charge >= 0.3 is 0 Å². The molecule has 0 amide bonds. The van der Waals surface area contributed by atoms with Gasteiger partial charge < -0.3 is 4.74 Å². The molecular formula is C11H22O. The highest BCUT2D eigenvalue weighted by Gasteiger charge is 2.40. The van der Waals surface area contributed by atoms with Crippen LogP contribution >= 0.6 is 0 Å². The predicted molar refractivity (Wildman–Crippen MR) is 52.2 cm³/mol. The maximum absolute atomic E-state index is 5.61. The van der Waals surface area contributed by atoms with Gasteiger partial charge in [0.25, 0.3) is 0 Å². The quantitative estimate of drug-likeness (QED) is 0.629. The summed E-state index contributed by atoms with van der Waals surface area (Å²) in [7, 11) is 0. The average Bonchev–Trinajstić information content (AvgIpc) is 2.01. The van der Waals surface area contributed by atoms with E-state index in [1.807, 2.05) is 0 Å². The van der Waals surface area contributed by atoms with Gasteiger partial charge in [0.15, 0.2) is 0 Å². The molecule has 0 N–H and O–H groups in total. The fourth-order valence-corrected chi connectivity index (χ4v) is 1.71. The van der Waals surface area contributed by atoms with Gasteiger partial charge in [-0.2, -0.15) is 0 Å². The van der Waals surface area contributed by atoms with Crippen LogP contribution in [0.3, 0.4) is 0 Å². The van der Waals surface area contributed by atoms with Crippen LogP contribution in [0.5, 0.6) is 0 Å². The van der Waals surface area contributed by atoms with Gasteiger partial charge in [-0.1, -0.05) is 33.6 Å². The van der Waals surface area contributed by atoms with Crippen LogP contribution in [-0.4, -0.2) is 12.2 Å². The van der Waals surface area contributed by atoms with Crippen LogP contribution in [0.25, 0.3) is 0 Å². The minimum absolute atomic E-state index is 0.217. The molecule has 1 nitrogen and oxygen atoms in total. The van der Waals surface area contributed by atoms with Gasteiger partial charge in [-0.05, 0) is 19.3 Å². The molecule has 0 saturated carbocycles. The van der Waals surface area contributed by atoms with Gasteiger partial charge in [0.2, 0.25) is 0 Å². The highest BCUT2D eigenvalue weighted by molar-refractivity contribution is 4.88. The first-order valence-corrected chi connectivity index (χ1v) is 5.18. The lowest BCUT2D eigenvalue weighted by molar-refractivity contribution is -0.190. The Bertz CT molecular complexity index is 142. The fraction of sp³-hybridized carbons (Fsp3) is 1.00. The van der Waals surface area contributed by atoms with E-state index in [4.69, 9.17) is 4.74 Å². The number of hydrogen-bond acceptors (Lipinski definition) is 1. The summed E-state index contributed by atoms with van der Waals surface area (Å²) in [5.41, 5.74) is 0.217. The second-order valence-electron chi connectivity index (χ2n) is 4.81. The topological polar surface area (TPSA) is 9.23 Å². The molecule has 1 rings (SSSR count). The molecule has 0 aromatic heterocycles. The minimum atomic E-state index is 0.217. The normalized spacial score (nSPS) is 35.2. The van der Waals surface area contributed by atoms with Crippen molar-refractivity contribution in [2.24, 2.45) is 11.8 Å². The molecule has 12 heavy (non-hydrogen) atoms. The summed E-state index contributed by atoms with van der Waals surface area (Å²) >= 11 is 0. The monoisotopic (exact) mass is 170 g/mol. The summed E-state index contributed by atoms with van der Waals surface area (Å²) in [6.07, 6.45) is 3.90. The highest BCUT2D eigenvalue weighted by atomic mass is 16.5. The molecule has 0 aliphatic carbocycles. The van der Waals surface area contributed by atoms with E-state index in [1.165, 1.54) is 19.3 Å². The molecule has 0 unspecified atom stereocenters. The van der Waals surface area contributed by atoms with Gasteiger partial charge in [0.05, 0.1) is 12.2 Å². The van der Waals surface area contributed by atoms with Crippen molar-refractivity contribution in [2.45, 2.75) is 52.6 Å². The van der Waals surface area contributed by atoms with Crippen molar-refractivity contribution in [1.82, 2.24) is 0 Å². The Morgan fingerprint density at radius 1 is 1.50 bits per heavy atom. The van der Waals surface area contributed by atoms with E-state index < -0.39 is 0 Å². The van der Waals surface area contributed by atoms with Crippen LogP contribution < -0.4 is 0 Å². The van der Waals surface area contributed by atoms with Crippen LogP contribution in [0.4, 0.5) is 0 Å². The third-order valence-electron chi connectivity index (χ3n) is 3.16. The van der Waals surface area contributed by atoms with Crippen molar-refractivity contribution in [1.29, 1.82) is 0 Å². The van der Waals surface area contributed by atoms with Gasteiger partial charge in [0.1, 0.15) is 0 Å². The lowest BCUT2D eigenvalue weighted by atomic mass is 9.81. The Hall–Kier alpha value is -0.0400. The van der Waals surface area contributed by atoms with Crippen molar-refractivity contribution in [2.75, 3.05) is 6.61 Å². The molecule has 1 aliphatic heterocycles. The van der Waals surface area contributed by atoms with Crippen molar-refractivity contribution >= 4 is 0 Å². The van der Waals surface area contributed by atoms with Crippen LogP contribution in [-0.2, 0) is 4.74 Å². The van der Waals surface area contributed by atoms with Crippen molar-refractivity contribution < 1.29 is 4.74 Å². The van der Waals surface area contributed by atoms with Crippen LogP contribution in [0.1, 0.15) is 47.0 Å². The molecule has 0 aromatic carbocycles. The van der Waals surface area contributed by atoms with E-state index in [-0.39, 0.29) is 5.60 Å². The summed E-state index contributed by atoms with van der Waals surface area (Å²) in [4.78, 5) is 0.